The molecule has 0 aromatic carbocycles. The van der Waals surface area contributed by atoms with Crippen molar-refractivity contribution >= 4 is 17.2 Å². The highest BCUT2D eigenvalue weighted by molar-refractivity contribution is 7.09. The Morgan fingerprint density at radius 3 is 2.82 bits per heavy atom. The molecule has 0 aliphatic heterocycles. The number of nitrogens with two attached hydrogens (primary N) is 2. The Hall–Kier alpha value is -0.980. The van der Waals surface area contributed by atoms with Gasteiger partial charge in [-0.1, -0.05) is 0 Å². The van der Waals surface area contributed by atoms with Crippen LogP contribution in [0.4, 0.5) is 0 Å². The lowest BCUT2D eigenvalue weighted by molar-refractivity contribution is -0.136. The van der Waals surface area contributed by atoms with E-state index in [1.54, 1.807) is 5.38 Å². The van der Waals surface area contributed by atoms with Crippen LogP contribution in [0.15, 0.2) is 11.6 Å². The van der Waals surface area contributed by atoms with Crippen LogP contribution in [-0.4, -0.2) is 16.0 Å². The fourth-order valence-electron chi connectivity index (χ4n) is 0.517. The number of hydrogen-bond acceptors (Lipinski definition) is 5. The molecule has 1 rings (SSSR count). The van der Waals surface area contributed by atoms with Crippen molar-refractivity contribution in [3.8, 4) is 0 Å². The molecule has 0 saturated heterocycles. The number of carbonyl (C=O) groups is 1. The molecule has 1 aromatic heterocycles. The van der Waals surface area contributed by atoms with Gasteiger partial charge in [-0.05, 0) is 0 Å². The summed E-state index contributed by atoms with van der Waals surface area (Å²) in [5, 5.41) is 10.9. The zero-order chi connectivity index (χ0) is 8.48. The standard InChI is InChI=1S/C5H7N3O2S/c6-3(9)5(7,10)4-8-1-2-11-4/h1-2,10H,7H2,(H2,6,9). The first-order chi connectivity index (χ1) is 5.05. The van der Waals surface area contributed by atoms with E-state index in [2.05, 4.69) is 4.98 Å². The molecule has 1 heterocycles. The second-order valence-electron chi connectivity index (χ2n) is 1.97. The van der Waals surface area contributed by atoms with Crippen LogP contribution in [0.25, 0.3) is 0 Å². The molecule has 5 nitrogen and oxygen atoms in total. The second kappa shape index (κ2) is 2.57. The molecule has 0 aliphatic carbocycles. The topological polar surface area (TPSA) is 102 Å². The van der Waals surface area contributed by atoms with Gasteiger partial charge in [0.1, 0.15) is 5.01 Å². The zero-order valence-electron chi connectivity index (χ0n) is 5.52. The lowest BCUT2D eigenvalue weighted by Gasteiger charge is -2.14. The minimum absolute atomic E-state index is 0.102. The van der Waals surface area contributed by atoms with Crippen LogP contribution in [0.3, 0.4) is 0 Å². The Bertz CT molecular complexity index is 257. The predicted molar refractivity (Wildman–Crippen MR) is 39.4 cm³/mol. The summed E-state index contributed by atoms with van der Waals surface area (Å²) in [6, 6.07) is 0. The average Bonchev–Trinajstić information content (AvgIpc) is 2.37. The zero-order valence-corrected chi connectivity index (χ0v) is 6.34. The van der Waals surface area contributed by atoms with Crippen molar-refractivity contribution in [1.29, 1.82) is 0 Å². The van der Waals surface area contributed by atoms with Gasteiger partial charge >= 0.3 is 0 Å². The van der Waals surface area contributed by atoms with Crippen molar-refractivity contribution < 1.29 is 9.90 Å². The van der Waals surface area contributed by atoms with Gasteiger partial charge in [0.2, 0.25) is 5.72 Å². The van der Waals surface area contributed by atoms with Gasteiger partial charge in [-0.15, -0.1) is 11.3 Å². The van der Waals surface area contributed by atoms with Crippen molar-refractivity contribution in [2.75, 3.05) is 0 Å². The highest BCUT2D eigenvalue weighted by Gasteiger charge is 2.33. The van der Waals surface area contributed by atoms with Crippen LogP contribution >= 0.6 is 11.3 Å². The minimum atomic E-state index is -2.13. The van der Waals surface area contributed by atoms with Gasteiger partial charge in [0, 0.05) is 11.6 Å². The Morgan fingerprint density at radius 2 is 2.45 bits per heavy atom. The maximum absolute atomic E-state index is 10.5. The number of hydrogen-bond donors (Lipinski definition) is 3. The van der Waals surface area contributed by atoms with Crippen LogP contribution in [0.2, 0.25) is 0 Å². The monoisotopic (exact) mass is 173 g/mol. The van der Waals surface area contributed by atoms with Gasteiger partial charge in [0.15, 0.2) is 0 Å². The molecule has 0 saturated carbocycles. The molecular formula is C5H7N3O2S. The van der Waals surface area contributed by atoms with Crippen LogP contribution in [0.5, 0.6) is 0 Å². The van der Waals surface area contributed by atoms with E-state index in [0.717, 1.165) is 11.3 Å². The summed E-state index contributed by atoms with van der Waals surface area (Å²) in [4.78, 5) is 14.2. The first-order valence-corrected chi connectivity index (χ1v) is 3.64. The summed E-state index contributed by atoms with van der Waals surface area (Å²) in [7, 11) is 0. The van der Waals surface area contributed by atoms with E-state index in [0.29, 0.717) is 0 Å². The van der Waals surface area contributed by atoms with E-state index in [9.17, 15) is 9.90 Å². The second-order valence-corrected chi connectivity index (χ2v) is 2.86. The molecule has 0 bridgehead atoms. The lowest BCUT2D eigenvalue weighted by atomic mass is 10.2. The van der Waals surface area contributed by atoms with E-state index in [1.807, 2.05) is 0 Å². The summed E-state index contributed by atoms with van der Waals surface area (Å²) in [6.07, 6.45) is 1.43. The maximum Gasteiger partial charge on any atom is 0.272 e. The summed E-state index contributed by atoms with van der Waals surface area (Å²) >= 11 is 1.07. The highest BCUT2D eigenvalue weighted by atomic mass is 32.1. The van der Waals surface area contributed by atoms with Crippen LogP contribution in [0.1, 0.15) is 5.01 Å². The van der Waals surface area contributed by atoms with E-state index in [-0.39, 0.29) is 5.01 Å². The number of rotatable bonds is 2. The molecule has 0 spiro atoms. The maximum atomic E-state index is 10.5. The normalized spacial score (nSPS) is 15.8. The predicted octanol–water partition coefficient (Wildman–Crippen LogP) is -1.27. The van der Waals surface area contributed by atoms with Crippen molar-refractivity contribution in [2.24, 2.45) is 11.5 Å². The third kappa shape index (κ3) is 1.37. The number of primary amides is 1. The van der Waals surface area contributed by atoms with E-state index in [4.69, 9.17) is 11.5 Å². The highest BCUT2D eigenvalue weighted by Crippen LogP contribution is 2.16. The van der Waals surface area contributed by atoms with Crippen LogP contribution in [-0.2, 0) is 10.5 Å². The van der Waals surface area contributed by atoms with Crippen molar-refractivity contribution in [1.82, 2.24) is 4.98 Å². The van der Waals surface area contributed by atoms with E-state index < -0.39 is 11.6 Å². The fourth-order valence-corrected chi connectivity index (χ4v) is 1.17. The first-order valence-electron chi connectivity index (χ1n) is 2.76. The molecular weight excluding hydrogens is 166 g/mol. The average molecular weight is 173 g/mol. The van der Waals surface area contributed by atoms with E-state index >= 15 is 0 Å². The molecule has 0 aliphatic rings. The molecule has 5 N–H and O–H groups in total. The van der Waals surface area contributed by atoms with Crippen molar-refractivity contribution in [2.45, 2.75) is 5.72 Å². The summed E-state index contributed by atoms with van der Waals surface area (Å²) < 4.78 is 0. The third-order valence-corrected chi connectivity index (χ3v) is 2.03. The first kappa shape index (κ1) is 8.12. The Kier molecular flexibility index (Phi) is 1.90. The summed E-state index contributed by atoms with van der Waals surface area (Å²) in [6.45, 7) is 0. The number of aromatic nitrogens is 1. The van der Waals surface area contributed by atoms with Gasteiger partial charge < -0.3 is 10.8 Å². The number of amides is 1. The third-order valence-electron chi connectivity index (χ3n) is 1.13. The molecule has 1 atom stereocenters. The molecule has 1 amide bonds. The molecule has 60 valence electrons. The molecule has 0 radical (unpaired) electrons. The number of aliphatic hydroxyl groups is 1. The van der Waals surface area contributed by atoms with Crippen LogP contribution in [0, 0.1) is 0 Å². The quantitative estimate of drug-likeness (QED) is 0.485. The number of carbonyl (C=O) groups excluding carboxylic acids is 1. The molecule has 1 aromatic rings. The largest absolute Gasteiger partial charge is 0.366 e. The van der Waals surface area contributed by atoms with E-state index in [1.165, 1.54) is 6.20 Å². The van der Waals surface area contributed by atoms with Gasteiger partial charge in [-0.3, -0.25) is 10.5 Å². The molecule has 0 fully saturated rings. The minimum Gasteiger partial charge on any atom is -0.366 e. The molecule has 1 unspecified atom stereocenters. The smallest absolute Gasteiger partial charge is 0.272 e. The van der Waals surface area contributed by atoms with Gasteiger partial charge in [0.05, 0.1) is 0 Å². The van der Waals surface area contributed by atoms with Gasteiger partial charge in [0.25, 0.3) is 5.91 Å². The van der Waals surface area contributed by atoms with Crippen molar-refractivity contribution in [3.63, 3.8) is 0 Å². The number of nitrogens with zero attached hydrogens (tertiary/aromatic N) is 1. The van der Waals surface area contributed by atoms with Crippen LogP contribution < -0.4 is 11.5 Å². The summed E-state index contributed by atoms with van der Waals surface area (Å²) in [5.41, 5.74) is 7.84. The molecule has 6 heteroatoms. The Balaban J connectivity index is 3.00. The fraction of sp³-hybridized carbons (Fsp3) is 0.200. The van der Waals surface area contributed by atoms with Gasteiger partial charge in [-0.2, -0.15) is 0 Å². The Labute approximate surface area is 66.7 Å². The SMILES string of the molecule is NC(=O)C(N)(O)c1nccs1. The lowest BCUT2D eigenvalue weighted by Crippen LogP contribution is -2.48. The summed E-state index contributed by atoms with van der Waals surface area (Å²) in [5.74, 6) is -1.01. The number of thiazole rings is 1. The van der Waals surface area contributed by atoms with Crippen molar-refractivity contribution in [3.05, 3.63) is 16.6 Å². The van der Waals surface area contributed by atoms with Gasteiger partial charge in [-0.25, -0.2) is 4.98 Å². The Morgan fingerprint density at radius 1 is 1.82 bits per heavy atom. The molecule has 11 heavy (non-hydrogen) atoms.